The molecule has 0 amide bonds. The second-order valence-corrected chi connectivity index (χ2v) is 8.38. The third kappa shape index (κ3) is 5.10. The van der Waals surface area contributed by atoms with Crippen LogP contribution in [0.1, 0.15) is 77.0 Å². The number of aliphatic hydroxyl groups is 4. The van der Waals surface area contributed by atoms with E-state index in [1.54, 1.807) is 0 Å². The zero-order chi connectivity index (χ0) is 16.1. The summed E-state index contributed by atoms with van der Waals surface area (Å²) < 4.78 is 0. The lowest BCUT2D eigenvalue weighted by atomic mass is 9.83. The third-order valence-electron chi connectivity index (χ3n) is 5.21. The van der Waals surface area contributed by atoms with Crippen molar-refractivity contribution in [2.75, 3.05) is 5.75 Å². The fourth-order valence-corrected chi connectivity index (χ4v) is 5.45. The summed E-state index contributed by atoms with van der Waals surface area (Å²) in [6.45, 7) is 0. The summed E-state index contributed by atoms with van der Waals surface area (Å²) in [5, 5.41) is 41.9. The Labute approximate surface area is 138 Å². The van der Waals surface area contributed by atoms with E-state index in [9.17, 15) is 20.4 Å². The number of rotatable bonds is 1. The molecule has 0 radical (unpaired) electrons. The highest BCUT2D eigenvalue weighted by molar-refractivity contribution is 8.00. The zero-order valence-electron chi connectivity index (χ0n) is 13.5. The summed E-state index contributed by atoms with van der Waals surface area (Å²) in [5.74, 6) is -3.19. The van der Waals surface area contributed by atoms with Crippen molar-refractivity contribution in [3.05, 3.63) is 0 Å². The highest BCUT2D eigenvalue weighted by Gasteiger charge is 2.48. The van der Waals surface area contributed by atoms with E-state index < -0.39 is 22.7 Å². The van der Waals surface area contributed by atoms with Crippen molar-refractivity contribution in [1.82, 2.24) is 0 Å². The molecule has 2 aliphatic rings. The molecule has 4 nitrogen and oxygen atoms in total. The van der Waals surface area contributed by atoms with Crippen LogP contribution in [0.4, 0.5) is 0 Å². The monoisotopic (exact) mass is 332 g/mol. The molecule has 5 heteroatoms. The summed E-state index contributed by atoms with van der Waals surface area (Å²) in [7, 11) is 0. The fourth-order valence-electron chi connectivity index (χ4n) is 3.86. The average molecular weight is 333 g/mol. The molecule has 2 unspecified atom stereocenters. The maximum Gasteiger partial charge on any atom is 0.175 e. The van der Waals surface area contributed by atoms with E-state index in [1.807, 2.05) is 0 Å². The normalized spacial score (nSPS) is 34.4. The zero-order valence-corrected chi connectivity index (χ0v) is 14.4. The molecule has 1 heterocycles. The lowest BCUT2D eigenvalue weighted by molar-refractivity contribution is -0.241. The van der Waals surface area contributed by atoms with Crippen molar-refractivity contribution in [1.29, 1.82) is 0 Å². The molecule has 0 spiro atoms. The first-order valence-corrected chi connectivity index (χ1v) is 9.99. The van der Waals surface area contributed by atoms with Crippen LogP contribution in [0.2, 0.25) is 0 Å². The molecular weight excluding hydrogens is 300 g/mol. The third-order valence-corrected chi connectivity index (χ3v) is 6.80. The SMILES string of the molecule is OC1(O)CCCCCCCC1C1SCCCCCCC1(O)O. The highest BCUT2D eigenvalue weighted by Crippen LogP contribution is 2.42. The number of hydrogen-bond acceptors (Lipinski definition) is 5. The van der Waals surface area contributed by atoms with Gasteiger partial charge in [0.2, 0.25) is 0 Å². The van der Waals surface area contributed by atoms with Gasteiger partial charge in [0.25, 0.3) is 0 Å². The molecule has 0 aromatic heterocycles. The van der Waals surface area contributed by atoms with Crippen LogP contribution in [0.3, 0.4) is 0 Å². The minimum atomic E-state index is -1.80. The van der Waals surface area contributed by atoms with Gasteiger partial charge >= 0.3 is 0 Å². The minimum absolute atomic E-state index is 0.331. The Morgan fingerprint density at radius 1 is 0.636 bits per heavy atom. The van der Waals surface area contributed by atoms with E-state index >= 15 is 0 Å². The van der Waals surface area contributed by atoms with Crippen LogP contribution in [-0.4, -0.2) is 43.0 Å². The molecule has 0 aromatic carbocycles. The first kappa shape index (κ1) is 18.5. The summed E-state index contributed by atoms with van der Waals surface area (Å²) in [4.78, 5) is 0. The molecule has 1 saturated carbocycles. The summed E-state index contributed by atoms with van der Waals surface area (Å²) in [5.41, 5.74) is 0. The van der Waals surface area contributed by atoms with Crippen LogP contribution in [0.15, 0.2) is 0 Å². The standard InChI is InChI=1S/C17H32O4S/c18-16(19)11-7-3-1-2-6-10-14(16)15-17(20,21)12-8-4-5-9-13-22-15/h14-15,18-21H,1-13H2. The average Bonchev–Trinajstić information content (AvgIpc) is 2.57. The van der Waals surface area contributed by atoms with Crippen molar-refractivity contribution in [3.63, 3.8) is 0 Å². The molecule has 0 aromatic rings. The second kappa shape index (κ2) is 8.34. The number of hydrogen-bond donors (Lipinski definition) is 4. The van der Waals surface area contributed by atoms with E-state index in [4.69, 9.17) is 0 Å². The Bertz CT molecular complexity index is 301. The van der Waals surface area contributed by atoms with Crippen molar-refractivity contribution >= 4 is 11.8 Å². The quantitative estimate of drug-likeness (QED) is 0.555. The first-order valence-electron chi connectivity index (χ1n) is 8.94. The molecule has 2 rings (SSSR count). The second-order valence-electron chi connectivity index (χ2n) is 7.13. The van der Waals surface area contributed by atoms with Crippen molar-refractivity contribution in [3.8, 4) is 0 Å². The first-order chi connectivity index (χ1) is 10.4. The lowest BCUT2D eigenvalue weighted by Crippen LogP contribution is -2.53. The predicted molar refractivity (Wildman–Crippen MR) is 89.5 cm³/mol. The van der Waals surface area contributed by atoms with Gasteiger partial charge in [0.15, 0.2) is 11.6 Å². The maximum atomic E-state index is 10.6. The van der Waals surface area contributed by atoms with Gasteiger partial charge in [0.1, 0.15) is 0 Å². The van der Waals surface area contributed by atoms with Gasteiger partial charge in [-0.15, -0.1) is 0 Å². The smallest absolute Gasteiger partial charge is 0.175 e. The van der Waals surface area contributed by atoms with Crippen LogP contribution >= 0.6 is 11.8 Å². The molecule has 4 N–H and O–H groups in total. The molecule has 2 fully saturated rings. The molecule has 130 valence electrons. The van der Waals surface area contributed by atoms with E-state index in [1.165, 1.54) is 11.8 Å². The van der Waals surface area contributed by atoms with Crippen molar-refractivity contribution in [2.24, 2.45) is 5.92 Å². The molecular formula is C17H32O4S. The highest BCUT2D eigenvalue weighted by atomic mass is 32.2. The summed E-state index contributed by atoms with van der Waals surface area (Å²) in [6.07, 6.45) is 10.3. The Kier molecular flexibility index (Phi) is 7.02. The molecule has 1 aliphatic carbocycles. The van der Waals surface area contributed by atoms with E-state index in [2.05, 4.69) is 0 Å². The topological polar surface area (TPSA) is 80.9 Å². The van der Waals surface area contributed by atoms with Gasteiger partial charge in [-0.05, 0) is 31.4 Å². The van der Waals surface area contributed by atoms with E-state index in [0.717, 1.165) is 63.5 Å². The Hall–Kier alpha value is 0.190. The summed E-state index contributed by atoms with van der Waals surface area (Å²) >= 11 is 1.53. The van der Waals surface area contributed by atoms with Crippen molar-refractivity contribution in [2.45, 2.75) is 93.9 Å². The lowest BCUT2D eigenvalue weighted by Gasteiger charge is -2.42. The summed E-state index contributed by atoms with van der Waals surface area (Å²) in [6, 6.07) is 0. The molecule has 1 saturated heterocycles. The van der Waals surface area contributed by atoms with Crippen LogP contribution in [-0.2, 0) is 0 Å². The van der Waals surface area contributed by atoms with Gasteiger partial charge < -0.3 is 20.4 Å². The van der Waals surface area contributed by atoms with Gasteiger partial charge in [-0.3, -0.25) is 0 Å². The van der Waals surface area contributed by atoms with Crippen LogP contribution < -0.4 is 0 Å². The van der Waals surface area contributed by atoms with E-state index in [0.29, 0.717) is 19.3 Å². The van der Waals surface area contributed by atoms with Crippen LogP contribution in [0, 0.1) is 5.92 Å². The maximum absolute atomic E-state index is 10.6. The molecule has 22 heavy (non-hydrogen) atoms. The Morgan fingerprint density at radius 3 is 1.91 bits per heavy atom. The number of thioether (sulfide) groups is 1. The minimum Gasteiger partial charge on any atom is -0.365 e. The molecule has 0 bridgehead atoms. The van der Waals surface area contributed by atoms with Gasteiger partial charge in [0, 0.05) is 18.8 Å². The van der Waals surface area contributed by atoms with Gasteiger partial charge in [-0.2, -0.15) is 11.8 Å². The van der Waals surface area contributed by atoms with Crippen LogP contribution in [0.5, 0.6) is 0 Å². The van der Waals surface area contributed by atoms with Gasteiger partial charge in [-0.25, -0.2) is 0 Å². The predicted octanol–water partition coefficient (Wildman–Crippen LogP) is 2.77. The largest absolute Gasteiger partial charge is 0.365 e. The Morgan fingerprint density at radius 2 is 1.18 bits per heavy atom. The van der Waals surface area contributed by atoms with Gasteiger partial charge in [0.05, 0.1) is 5.25 Å². The fraction of sp³-hybridized carbons (Fsp3) is 1.00. The Balaban J connectivity index is 2.19. The van der Waals surface area contributed by atoms with Crippen LogP contribution in [0.25, 0.3) is 0 Å². The van der Waals surface area contributed by atoms with Crippen molar-refractivity contribution < 1.29 is 20.4 Å². The van der Waals surface area contributed by atoms with E-state index in [-0.39, 0.29) is 0 Å². The molecule has 1 aliphatic heterocycles. The molecule has 2 atom stereocenters. The van der Waals surface area contributed by atoms with Gasteiger partial charge in [-0.1, -0.05) is 38.5 Å².